The maximum atomic E-state index is 4.63. The van der Waals surface area contributed by atoms with Gasteiger partial charge in [-0.15, -0.1) is 0 Å². The van der Waals surface area contributed by atoms with Gasteiger partial charge < -0.3 is 5.32 Å². The van der Waals surface area contributed by atoms with Gasteiger partial charge in [-0.1, -0.05) is 30.3 Å². The molecule has 0 unspecified atom stereocenters. The smallest absolute Gasteiger partial charge is 0.133 e. The molecule has 0 radical (unpaired) electrons. The summed E-state index contributed by atoms with van der Waals surface area (Å²) in [5.41, 5.74) is 3.85. The number of aryl methyl sites for hydroxylation is 2. The van der Waals surface area contributed by atoms with Crippen molar-refractivity contribution in [3.63, 3.8) is 0 Å². The fourth-order valence-electron chi connectivity index (χ4n) is 2.87. The summed E-state index contributed by atoms with van der Waals surface area (Å²) in [7, 11) is 0. The van der Waals surface area contributed by atoms with Crippen LogP contribution in [0.5, 0.6) is 0 Å². The third kappa shape index (κ3) is 2.67. The molecule has 3 rings (SSSR count). The van der Waals surface area contributed by atoms with E-state index >= 15 is 0 Å². The van der Waals surface area contributed by atoms with Gasteiger partial charge in [-0.25, -0.2) is 9.97 Å². The Morgan fingerprint density at radius 1 is 1.05 bits per heavy atom. The molecule has 0 amide bonds. The van der Waals surface area contributed by atoms with Gasteiger partial charge in [0.1, 0.15) is 11.6 Å². The minimum atomic E-state index is 0.261. The van der Waals surface area contributed by atoms with Crippen LogP contribution in [0.2, 0.25) is 0 Å². The molecule has 0 aliphatic heterocycles. The third-order valence-electron chi connectivity index (χ3n) is 3.95. The van der Waals surface area contributed by atoms with Gasteiger partial charge >= 0.3 is 0 Å². The Hall–Kier alpha value is -1.90. The average Bonchev–Trinajstić information content (AvgIpc) is 2.48. The standard InChI is InChI=1S/C17H21N3/c1-12(14-8-4-3-5-9-14)18-17-15-10-6-7-11-16(15)19-13(2)20-17/h3-5,8-9,12H,6-7,10-11H2,1-2H3,(H,18,19,20)/t12-/m1/s1. The van der Waals surface area contributed by atoms with Crippen LogP contribution in [0.25, 0.3) is 0 Å². The van der Waals surface area contributed by atoms with Crippen molar-refractivity contribution >= 4 is 5.82 Å². The van der Waals surface area contributed by atoms with E-state index in [4.69, 9.17) is 0 Å². The molecule has 3 nitrogen and oxygen atoms in total. The fourth-order valence-corrected chi connectivity index (χ4v) is 2.87. The molecule has 104 valence electrons. The van der Waals surface area contributed by atoms with E-state index in [0.29, 0.717) is 0 Å². The SMILES string of the molecule is Cc1nc2c(c(N[C@H](C)c3ccccc3)n1)CCCC2. The molecular formula is C17H21N3. The van der Waals surface area contributed by atoms with Gasteiger partial charge in [-0.3, -0.25) is 0 Å². The van der Waals surface area contributed by atoms with Crippen molar-refractivity contribution < 1.29 is 0 Å². The highest BCUT2D eigenvalue weighted by atomic mass is 15.1. The number of fused-ring (bicyclic) bond motifs is 1. The Morgan fingerprint density at radius 3 is 2.60 bits per heavy atom. The molecule has 1 aliphatic carbocycles. The molecule has 0 saturated heterocycles. The van der Waals surface area contributed by atoms with Crippen LogP contribution in [0.4, 0.5) is 5.82 Å². The maximum Gasteiger partial charge on any atom is 0.133 e. The van der Waals surface area contributed by atoms with Gasteiger partial charge in [0, 0.05) is 17.3 Å². The first-order valence-corrected chi connectivity index (χ1v) is 7.42. The number of aromatic nitrogens is 2. The van der Waals surface area contributed by atoms with Crippen molar-refractivity contribution in [1.82, 2.24) is 9.97 Å². The molecule has 1 aromatic carbocycles. The average molecular weight is 267 g/mol. The van der Waals surface area contributed by atoms with Crippen LogP contribution in [0.3, 0.4) is 0 Å². The van der Waals surface area contributed by atoms with Crippen LogP contribution >= 0.6 is 0 Å². The van der Waals surface area contributed by atoms with Crippen LogP contribution in [0.1, 0.15) is 48.5 Å². The zero-order valence-electron chi connectivity index (χ0n) is 12.2. The van der Waals surface area contributed by atoms with Crippen LogP contribution in [-0.4, -0.2) is 9.97 Å². The fraction of sp³-hybridized carbons (Fsp3) is 0.412. The van der Waals surface area contributed by atoms with Crippen LogP contribution in [0, 0.1) is 6.92 Å². The maximum absolute atomic E-state index is 4.63. The van der Waals surface area contributed by atoms with Crippen molar-refractivity contribution in [2.24, 2.45) is 0 Å². The van der Waals surface area contributed by atoms with E-state index in [0.717, 1.165) is 24.5 Å². The highest BCUT2D eigenvalue weighted by Gasteiger charge is 2.18. The molecular weight excluding hydrogens is 246 g/mol. The zero-order valence-corrected chi connectivity index (χ0v) is 12.2. The molecule has 3 heteroatoms. The lowest BCUT2D eigenvalue weighted by atomic mass is 9.96. The summed E-state index contributed by atoms with van der Waals surface area (Å²) in [6.45, 7) is 4.16. The molecule has 0 fully saturated rings. The molecule has 1 atom stereocenters. The van der Waals surface area contributed by atoms with Gasteiger partial charge in [0.2, 0.25) is 0 Å². The summed E-state index contributed by atoms with van der Waals surface area (Å²) >= 11 is 0. The number of nitrogens with zero attached hydrogens (tertiary/aromatic N) is 2. The number of nitrogens with one attached hydrogen (secondary N) is 1. The topological polar surface area (TPSA) is 37.8 Å². The zero-order chi connectivity index (χ0) is 13.9. The first kappa shape index (κ1) is 13.1. The number of benzene rings is 1. The molecule has 0 spiro atoms. The molecule has 2 aromatic rings. The molecule has 0 bridgehead atoms. The van der Waals surface area contributed by atoms with Gasteiger partial charge in [0.05, 0.1) is 0 Å². The van der Waals surface area contributed by atoms with E-state index in [2.05, 4.69) is 46.5 Å². The normalized spacial score (nSPS) is 15.5. The van der Waals surface area contributed by atoms with E-state index in [9.17, 15) is 0 Å². The second-order valence-electron chi connectivity index (χ2n) is 5.53. The highest BCUT2D eigenvalue weighted by molar-refractivity contribution is 5.49. The number of rotatable bonds is 3. The number of hydrogen-bond acceptors (Lipinski definition) is 3. The molecule has 0 saturated carbocycles. The molecule has 1 aromatic heterocycles. The molecule has 20 heavy (non-hydrogen) atoms. The van der Waals surface area contributed by atoms with E-state index in [1.807, 2.05) is 13.0 Å². The third-order valence-corrected chi connectivity index (χ3v) is 3.95. The van der Waals surface area contributed by atoms with Gasteiger partial charge in [-0.05, 0) is 45.1 Å². The second-order valence-corrected chi connectivity index (χ2v) is 5.53. The summed E-state index contributed by atoms with van der Waals surface area (Å²) in [6, 6.07) is 10.8. The van der Waals surface area contributed by atoms with E-state index in [-0.39, 0.29) is 6.04 Å². The largest absolute Gasteiger partial charge is 0.363 e. The second kappa shape index (κ2) is 5.61. The quantitative estimate of drug-likeness (QED) is 0.918. The monoisotopic (exact) mass is 267 g/mol. The van der Waals surface area contributed by atoms with E-state index < -0.39 is 0 Å². The summed E-state index contributed by atoms with van der Waals surface area (Å²) in [5, 5.41) is 3.58. The van der Waals surface area contributed by atoms with E-state index in [1.165, 1.54) is 29.7 Å². The Balaban J connectivity index is 1.89. The minimum absolute atomic E-state index is 0.261. The number of anilines is 1. The summed E-state index contributed by atoms with van der Waals surface area (Å²) in [5.74, 6) is 1.90. The number of hydrogen-bond donors (Lipinski definition) is 1. The lowest BCUT2D eigenvalue weighted by molar-refractivity contribution is 0.657. The van der Waals surface area contributed by atoms with Crippen molar-refractivity contribution in [2.75, 3.05) is 5.32 Å². The first-order chi connectivity index (χ1) is 9.74. The Labute approximate surface area is 120 Å². The Kier molecular flexibility index (Phi) is 3.68. The highest BCUT2D eigenvalue weighted by Crippen LogP contribution is 2.28. The van der Waals surface area contributed by atoms with E-state index in [1.54, 1.807) is 0 Å². The summed E-state index contributed by atoms with van der Waals surface area (Å²) < 4.78 is 0. The lowest BCUT2D eigenvalue weighted by Gasteiger charge is -2.22. The predicted molar refractivity (Wildman–Crippen MR) is 81.9 cm³/mol. The van der Waals surface area contributed by atoms with Crippen molar-refractivity contribution in [3.8, 4) is 0 Å². The van der Waals surface area contributed by atoms with Crippen molar-refractivity contribution in [2.45, 2.75) is 45.6 Å². The van der Waals surface area contributed by atoms with Crippen molar-refractivity contribution in [1.29, 1.82) is 0 Å². The Morgan fingerprint density at radius 2 is 1.80 bits per heavy atom. The van der Waals surface area contributed by atoms with Gasteiger partial charge in [-0.2, -0.15) is 0 Å². The molecule has 1 N–H and O–H groups in total. The van der Waals surface area contributed by atoms with Crippen LogP contribution < -0.4 is 5.32 Å². The van der Waals surface area contributed by atoms with Gasteiger partial charge in [0.15, 0.2) is 0 Å². The van der Waals surface area contributed by atoms with Gasteiger partial charge in [0.25, 0.3) is 0 Å². The lowest BCUT2D eigenvalue weighted by Crippen LogP contribution is -2.16. The van der Waals surface area contributed by atoms with Crippen molar-refractivity contribution in [3.05, 3.63) is 53.0 Å². The first-order valence-electron chi connectivity index (χ1n) is 7.42. The summed E-state index contributed by atoms with van der Waals surface area (Å²) in [6.07, 6.45) is 4.68. The minimum Gasteiger partial charge on any atom is -0.363 e. The molecule has 1 aliphatic rings. The molecule has 1 heterocycles. The van der Waals surface area contributed by atoms with Crippen LogP contribution in [0.15, 0.2) is 30.3 Å². The van der Waals surface area contributed by atoms with Crippen LogP contribution in [-0.2, 0) is 12.8 Å². The predicted octanol–water partition coefficient (Wildman–Crippen LogP) is 3.84. The summed E-state index contributed by atoms with van der Waals surface area (Å²) in [4.78, 5) is 9.23. The Bertz CT molecular complexity index is 593.